The Morgan fingerprint density at radius 1 is 1.32 bits per heavy atom. The number of amides is 2. The van der Waals surface area contributed by atoms with E-state index in [0.29, 0.717) is 0 Å². The average Bonchev–Trinajstić information content (AvgIpc) is 3.14. The van der Waals surface area contributed by atoms with Crippen molar-refractivity contribution in [3.8, 4) is 0 Å². The lowest BCUT2D eigenvalue weighted by atomic mass is 10.0. The number of aryl methyl sites for hydroxylation is 1. The Kier molecular flexibility index (Phi) is 3.09. The van der Waals surface area contributed by atoms with Gasteiger partial charge in [0.1, 0.15) is 12.1 Å². The van der Waals surface area contributed by atoms with Gasteiger partial charge in [0, 0.05) is 33.2 Å². The largest absolute Gasteiger partial charge is 0.354 e. The van der Waals surface area contributed by atoms with E-state index in [1.54, 1.807) is 11.0 Å². The van der Waals surface area contributed by atoms with Gasteiger partial charge in [-0.25, -0.2) is 14.8 Å². The molecule has 2 aliphatic rings. The molecule has 0 aromatic carbocycles. The van der Waals surface area contributed by atoms with Gasteiger partial charge in [0.15, 0.2) is 5.65 Å². The maximum Gasteiger partial charge on any atom is 0.317 e. The molecule has 2 aromatic heterocycles. The number of rotatable bonds is 2. The minimum Gasteiger partial charge on any atom is -0.354 e. The first-order valence-corrected chi connectivity index (χ1v) is 7.66. The summed E-state index contributed by atoms with van der Waals surface area (Å²) in [6, 6.07) is 0.305. The topological polar surface area (TPSA) is 79.2 Å². The third-order valence-electron chi connectivity index (χ3n) is 4.54. The third-order valence-corrected chi connectivity index (χ3v) is 4.54. The van der Waals surface area contributed by atoms with Crippen molar-refractivity contribution in [2.24, 2.45) is 7.05 Å². The first-order chi connectivity index (χ1) is 10.7. The lowest BCUT2D eigenvalue weighted by molar-refractivity contribution is 0.189. The predicted octanol–water partition coefficient (Wildman–Crippen LogP) is 0.357. The zero-order valence-corrected chi connectivity index (χ0v) is 12.6. The number of anilines is 1. The molecule has 1 atom stereocenters. The lowest BCUT2D eigenvalue weighted by Crippen LogP contribution is -2.49. The molecule has 1 N–H and O–H groups in total. The van der Waals surface area contributed by atoms with E-state index in [-0.39, 0.29) is 12.1 Å². The Bertz CT molecular complexity index is 712. The van der Waals surface area contributed by atoms with Crippen LogP contribution in [0.25, 0.3) is 11.0 Å². The fourth-order valence-corrected chi connectivity index (χ4v) is 3.44. The van der Waals surface area contributed by atoms with Crippen molar-refractivity contribution < 1.29 is 4.79 Å². The number of nitrogens with zero attached hydrogens (tertiary/aromatic N) is 6. The molecule has 2 amide bonds. The van der Waals surface area contributed by atoms with Crippen LogP contribution in [0.15, 0.2) is 12.5 Å². The van der Waals surface area contributed by atoms with Gasteiger partial charge in [0.05, 0.1) is 17.6 Å². The second-order valence-corrected chi connectivity index (χ2v) is 5.87. The highest BCUT2D eigenvalue weighted by molar-refractivity contribution is 5.86. The standard InChI is InChI=1S/C14H19N7O/c1-19-12-11(7-18-19)13(17-9-16-12)20-5-2-3-10(8-20)21-6-4-15-14(21)22/h7,9-10H,2-6,8H2,1H3,(H,15,22)/t10-/m1/s1. The highest BCUT2D eigenvalue weighted by atomic mass is 16.2. The smallest absolute Gasteiger partial charge is 0.317 e. The zero-order valence-electron chi connectivity index (χ0n) is 12.6. The molecule has 0 radical (unpaired) electrons. The number of aromatic nitrogens is 4. The SMILES string of the molecule is Cn1ncc2c(N3CCC[C@@H](N4CCNC4=O)C3)ncnc21. The molecule has 0 saturated carbocycles. The van der Waals surface area contributed by atoms with Crippen molar-refractivity contribution in [3.05, 3.63) is 12.5 Å². The molecule has 4 rings (SSSR count). The van der Waals surface area contributed by atoms with Gasteiger partial charge >= 0.3 is 6.03 Å². The summed E-state index contributed by atoms with van der Waals surface area (Å²) in [5.41, 5.74) is 0.839. The molecule has 22 heavy (non-hydrogen) atoms. The normalized spacial score (nSPS) is 22.4. The molecular weight excluding hydrogens is 282 g/mol. The summed E-state index contributed by atoms with van der Waals surface area (Å²) in [5, 5.41) is 8.13. The zero-order chi connectivity index (χ0) is 15.1. The number of nitrogens with one attached hydrogen (secondary N) is 1. The Balaban J connectivity index is 1.62. The van der Waals surface area contributed by atoms with Gasteiger partial charge in [-0.15, -0.1) is 0 Å². The summed E-state index contributed by atoms with van der Waals surface area (Å²) in [5.74, 6) is 0.919. The van der Waals surface area contributed by atoms with Gasteiger partial charge in [-0.1, -0.05) is 0 Å². The van der Waals surface area contributed by atoms with Crippen molar-refractivity contribution in [2.45, 2.75) is 18.9 Å². The molecule has 2 aliphatic heterocycles. The summed E-state index contributed by atoms with van der Waals surface area (Å²) < 4.78 is 1.76. The van der Waals surface area contributed by atoms with Crippen molar-refractivity contribution in [1.29, 1.82) is 0 Å². The Morgan fingerprint density at radius 2 is 2.23 bits per heavy atom. The van der Waals surface area contributed by atoms with Crippen LogP contribution in [0.3, 0.4) is 0 Å². The predicted molar refractivity (Wildman–Crippen MR) is 81.6 cm³/mol. The van der Waals surface area contributed by atoms with Crippen molar-refractivity contribution >= 4 is 22.9 Å². The maximum atomic E-state index is 11.9. The van der Waals surface area contributed by atoms with Gasteiger partial charge in [-0.3, -0.25) is 4.68 Å². The minimum absolute atomic E-state index is 0.0565. The van der Waals surface area contributed by atoms with Gasteiger partial charge in [0.25, 0.3) is 0 Å². The fourth-order valence-electron chi connectivity index (χ4n) is 3.44. The van der Waals surface area contributed by atoms with Gasteiger partial charge in [-0.2, -0.15) is 5.10 Å². The van der Waals surface area contributed by atoms with Crippen molar-refractivity contribution in [3.63, 3.8) is 0 Å². The van der Waals surface area contributed by atoms with E-state index in [9.17, 15) is 4.79 Å². The lowest BCUT2D eigenvalue weighted by Gasteiger charge is -2.37. The van der Waals surface area contributed by atoms with E-state index in [1.165, 1.54) is 0 Å². The Hall–Kier alpha value is -2.38. The molecule has 0 bridgehead atoms. The van der Waals surface area contributed by atoms with E-state index in [2.05, 4.69) is 25.3 Å². The van der Waals surface area contributed by atoms with Crippen LogP contribution in [0.5, 0.6) is 0 Å². The van der Waals surface area contributed by atoms with E-state index in [4.69, 9.17) is 0 Å². The van der Waals surface area contributed by atoms with Crippen molar-refractivity contribution in [1.82, 2.24) is 30.0 Å². The molecular formula is C14H19N7O. The van der Waals surface area contributed by atoms with E-state index in [1.807, 2.05) is 18.1 Å². The van der Waals surface area contributed by atoms with Crippen LogP contribution in [-0.4, -0.2) is 62.9 Å². The van der Waals surface area contributed by atoms with Crippen molar-refractivity contribution in [2.75, 3.05) is 31.1 Å². The quantitative estimate of drug-likeness (QED) is 0.866. The molecule has 2 aromatic rings. The molecule has 8 heteroatoms. The number of hydrogen-bond acceptors (Lipinski definition) is 5. The number of hydrogen-bond donors (Lipinski definition) is 1. The highest BCUT2D eigenvalue weighted by Crippen LogP contribution is 2.26. The van der Waals surface area contributed by atoms with E-state index in [0.717, 1.165) is 55.9 Å². The molecule has 4 heterocycles. The first-order valence-electron chi connectivity index (χ1n) is 7.66. The summed E-state index contributed by atoms with van der Waals surface area (Å²) in [6.07, 6.45) is 5.51. The number of piperidine rings is 1. The highest BCUT2D eigenvalue weighted by Gasteiger charge is 2.32. The monoisotopic (exact) mass is 301 g/mol. The summed E-state index contributed by atoms with van der Waals surface area (Å²) >= 11 is 0. The van der Waals surface area contributed by atoms with Crippen LogP contribution in [0, 0.1) is 0 Å². The summed E-state index contributed by atoms with van der Waals surface area (Å²) in [7, 11) is 1.88. The number of urea groups is 1. The first kappa shape index (κ1) is 13.3. The Morgan fingerprint density at radius 3 is 3.05 bits per heavy atom. The van der Waals surface area contributed by atoms with Gasteiger partial charge in [-0.05, 0) is 12.8 Å². The van der Waals surface area contributed by atoms with Crippen LogP contribution in [0.1, 0.15) is 12.8 Å². The molecule has 0 spiro atoms. The molecule has 8 nitrogen and oxygen atoms in total. The van der Waals surface area contributed by atoms with Crippen LogP contribution in [-0.2, 0) is 7.05 Å². The molecule has 0 unspecified atom stereocenters. The maximum absolute atomic E-state index is 11.9. The fraction of sp³-hybridized carbons (Fsp3) is 0.571. The second kappa shape index (κ2) is 5.11. The summed E-state index contributed by atoms with van der Waals surface area (Å²) in [4.78, 5) is 24.9. The van der Waals surface area contributed by atoms with Crippen LogP contribution >= 0.6 is 0 Å². The van der Waals surface area contributed by atoms with Gasteiger partial charge < -0.3 is 15.1 Å². The summed E-state index contributed by atoms with van der Waals surface area (Å²) in [6.45, 7) is 3.31. The second-order valence-electron chi connectivity index (χ2n) is 5.87. The number of carbonyl (C=O) groups is 1. The molecule has 0 aliphatic carbocycles. The molecule has 2 saturated heterocycles. The number of carbonyl (C=O) groups excluding carboxylic acids is 1. The van der Waals surface area contributed by atoms with Crippen LogP contribution < -0.4 is 10.2 Å². The number of fused-ring (bicyclic) bond motifs is 1. The van der Waals surface area contributed by atoms with Gasteiger partial charge in [0.2, 0.25) is 0 Å². The molecule has 2 fully saturated rings. The van der Waals surface area contributed by atoms with E-state index < -0.39 is 0 Å². The van der Waals surface area contributed by atoms with E-state index >= 15 is 0 Å². The van der Waals surface area contributed by atoms with Crippen LogP contribution in [0.2, 0.25) is 0 Å². The average molecular weight is 301 g/mol. The Labute approximate surface area is 128 Å². The minimum atomic E-state index is 0.0565. The van der Waals surface area contributed by atoms with Crippen LogP contribution in [0.4, 0.5) is 10.6 Å². The molecule has 116 valence electrons. The third kappa shape index (κ3) is 2.06.